The first-order chi connectivity index (χ1) is 8.52. The highest BCUT2D eigenvalue weighted by Gasteiger charge is 2.20. The van der Waals surface area contributed by atoms with Crippen LogP contribution in [0.25, 0.3) is 0 Å². The Morgan fingerprint density at radius 2 is 2.17 bits per heavy atom. The fourth-order valence-corrected chi connectivity index (χ4v) is 2.42. The number of anilines is 1. The number of sulfonamides is 1. The number of likely N-dealkylation sites (N-methyl/N-ethyl adjacent to an activating group) is 1. The molecule has 1 heterocycles. The summed E-state index contributed by atoms with van der Waals surface area (Å²) in [6.45, 7) is 3.15. The average molecular weight is 273 g/mol. The van der Waals surface area contributed by atoms with Crippen LogP contribution in [0.15, 0.2) is 23.2 Å². The fourth-order valence-electron chi connectivity index (χ4n) is 1.32. The maximum absolute atomic E-state index is 12.1. The zero-order valence-corrected chi connectivity index (χ0v) is 11.7. The Kier molecular flexibility index (Phi) is 5.52. The number of ether oxygens (including phenoxy) is 1. The molecule has 102 valence electrons. The molecule has 0 saturated carbocycles. The van der Waals surface area contributed by atoms with Gasteiger partial charge in [0.05, 0.1) is 6.61 Å². The van der Waals surface area contributed by atoms with Gasteiger partial charge in [-0.3, -0.25) is 0 Å². The SMILES string of the molecule is CCOCCN(C)S(=O)(=O)c1ccc(NC)nc1. The third-order valence-electron chi connectivity index (χ3n) is 2.46. The van der Waals surface area contributed by atoms with Crippen molar-refractivity contribution in [3.63, 3.8) is 0 Å². The van der Waals surface area contributed by atoms with Crippen molar-refractivity contribution >= 4 is 15.8 Å². The molecular weight excluding hydrogens is 254 g/mol. The van der Waals surface area contributed by atoms with E-state index in [9.17, 15) is 8.42 Å². The molecule has 0 radical (unpaired) electrons. The van der Waals surface area contributed by atoms with Gasteiger partial charge in [-0.15, -0.1) is 0 Å². The molecule has 0 aliphatic rings. The first-order valence-corrected chi connectivity index (χ1v) is 7.14. The van der Waals surface area contributed by atoms with Gasteiger partial charge < -0.3 is 10.1 Å². The number of rotatable bonds is 7. The molecule has 6 nitrogen and oxygen atoms in total. The van der Waals surface area contributed by atoms with Crippen molar-refractivity contribution in [1.82, 2.24) is 9.29 Å². The normalized spacial score (nSPS) is 11.8. The number of nitrogens with one attached hydrogen (secondary N) is 1. The van der Waals surface area contributed by atoms with E-state index in [4.69, 9.17) is 4.74 Å². The van der Waals surface area contributed by atoms with E-state index >= 15 is 0 Å². The zero-order chi connectivity index (χ0) is 13.6. The third kappa shape index (κ3) is 3.66. The molecule has 0 aliphatic heterocycles. The summed E-state index contributed by atoms with van der Waals surface area (Å²) in [5.41, 5.74) is 0. The van der Waals surface area contributed by atoms with Crippen molar-refractivity contribution < 1.29 is 13.2 Å². The Labute approximate surface area is 108 Å². The van der Waals surface area contributed by atoms with Crippen molar-refractivity contribution in [2.45, 2.75) is 11.8 Å². The summed E-state index contributed by atoms with van der Waals surface area (Å²) in [6.07, 6.45) is 1.35. The van der Waals surface area contributed by atoms with Crippen LogP contribution >= 0.6 is 0 Å². The molecule has 0 spiro atoms. The Morgan fingerprint density at radius 1 is 1.44 bits per heavy atom. The van der Waals surface area contributed by atoms with E-state index in [2.05, 4.69) is 10.3 Å². The van der Waals surface area contributed by atoms with Crippen LogP contribution in [0.1, 0.15) is 6.92 Å². The van der Waals surface area contributed by atoms with E-state index in [1.807, 2.05) is 6.92 Å². The summed E-state index contributed by atoms with van der Waals surface area (Å²) in [5, 5.41) is 2.84. The molecule has 1 aromatic heterocycles. The second kappa shape index (κ2) is 6.67. The Balaban J connectivity index is 2.77. The van der Waals surface area contributed by atoms with E-state index in [1.165, 1.54) is 23.6 Å². The van der Waals surface area contributed by atoms with Gasteiger partial charge in [0.2, 0.25) is 10.0 Å². The van der Waals surface area contributed by atoms with Crippen molar-refractivity contribution in [1.29, 1.82) is 0 Å². The molecule has 0 bridgehead atoms. The van der Waals surface area contributed by atoms with Crippen LogP contribution < -0.4 is 5.32 Å². The first-order valence-electron chi connectivity index (χ1n) is 5.70. The van der Waals surface area contributed by atoms with Gasteiger partial charge in [0.1, 0.15) is 10.7 Å². The summed E-state index contributed by atoms with van der Waals surface area (Å²) in [6, 6.07) is 3.16. The largest absolute Gasteiger partial charge is 0.380 e. The summed E-state index contributed by atoms with van der Waals surface area (Å²) < 4.78 is 30.7. The number of hydrogen-bond donors (Lipinski definition) is 1. The third-order valence-corrected chi connectivity index (χ3v) is 4.30. The van der Waals surface area contributed by atoms with E-state index in [0.29, 0.717) is 25.6 Å². The first kappa shape index (κ1) is 14.9. The number of hydrogen-bond acceptors (Lipinski definition) is 5. The lowest BCUT2D eigenvalue weighted by Crippen LogP contribution is -2.30. The van der Waals surface area contributed by atoms with Crippen LogP contribution in [0.3, 0.4) is 0 Å². The highest BCUT2D eigenvalue weighted by Crippen LogP contribution is 2.14. The molecule has 1 aromatic rings. The molecule has 7 heteroatoms. The monoisotopic (exact) mass is 273 g/mol. The molecule has 0 atom stereocenters. The van der Waals surface area contributed by atoms with Crippen molar-refractivity contribution in [3.8, 4) is 0 Å². The predicted molar refractivity (Wildman–Crippen MR) is 70.1 cm³/mol. The Hall–Kier alpha value is -1.18. The lowest BCUT2D eigenvalue weighted by molar-refractivity contribution is 0.138. The smallest absolute Gasteiger partial charge is 0.244 e. The predicted octanol–water partition coefficient (Wildman–Crippen LogP) is 0.780. The van der Waals surface area contributed by atoms with Crippen LogP contribution in [0.2, 0.25) is 0 Å². The molecule has 1 N–H and O–H groups in total. The lowest BCUT2D eigenvalue weighted by atomic mass is 10.5. The summed E-state index contributed by atoms with van der Waals surface area (Å²) in [5.74, 6) is 0.630. The maximum atomic E-state index is 12.1. The molecule has 0 saturated heterocycles. The highest BCUT2D eigenvalue weighted by atomic mass is 32.2. The standard InChI is InChI=1S/C11H19N3O3S/c1-4-17-8-7-14(3)18(15,16)10-5-6-11(12-2)13-9-10/h5-6,9H,4,7-8H2,1-3H3,(H,12,13). The van der Waals surface area contributed by atoms with Gasteiger partial charge in [-0.05, 0) is 19.1 Å². The minimum absolute atomic E-state index is 0.181. The Bertz CT molecular complexity index is 459. The number of nitrogens with zero attached hydrogens (tertiary/aromatic N) is 2. The van der Waals surface area contributed by atoms with Gasteiger partial charge in [0.15, 0.2) is 0 Å². The van der Waals surface area contributed by atoms with Gasteiger partial charge in [-0.2, -0.15) is 4.31 Å². The van der Waals surface area contributed by atoms with E-state index < -0.39 is 10.0 Å². The molecule has 0 aliphatic carbocycles. The molecule has 0 unspecified atom stereocenters. The maximum Gasteiger partial charge on any atom is 0.244 e. The van der Waals surface area contributed by atoms with Crippen LogP contribution in [-0.4, -0.2) is 51.6 Å². The molecule has 0 fully saturated rings. The second-order valence-electron chi connectivity index (χ2n) is 3.65. The van der Waals surface area contributed by atoms with E-state index in [-0.39, 0.29) is 4.90 Å². The van der Waals surface area contributed by atoms with Crippen LogP contribution in [0, 0.1) is 0 Å². The van der Waals surface area contributed by atoms with Gasteiger partial charge in [-0.1, -0.05) is 0 Å². The van der Waals surface area contributed by atoms with Gasteiger partial charge in [0, 0.05) is 33.4 Å². The van der Waals surface area contributed by atoms with Crippen molar-refractivity contribution in [2.75, 3.05) is 39.2 Å². The van der Waals surface area contributed by atoms with Crippen LogP contribution in [0.4, 0.5) is 5.82 Å². The van der Waals surface area contributed by atoms with E-state index in [0.717, 1.165) is 0 Å². The van der Waals surface area contributed by atoms with Gasteiger partial charge in [-0.25, -0.2) is 13.4 Å². The second-order valence-corrected chi connectivity index (χ2v) is 5.70. The van der Waals surface area contributed by atoms with Gasteiger partial charge in [0.25, 0.3) is 0 Å². The van der Waals surface area contributed by atoms with Crippen molar-refractivity contribution in [3.05, 3.63) is 18.3 Å². The summed E-state index contributed by atoms with van der Waals surface area (Å²) in [4.78, 5) is 4.18. The summed E-state index contributed by atoms with van der Waals surface area (Å²) >= 11 is 0. The van der Waals surface area contributed by atoms with Crippen molar-refractivity contribution in [2.24, 2.45) is 0 Å². The van der Waals surface area contributed by atoms with E-state index in [1.54, 1.807) is 13.1 Å². The molecule has 1 rings (SSSR count). The number of pyridine rings is 1. The molecular formula is C11H19N3O3S. The molecule has 0 amide bonds. The van der Waals surface area contributed by atoms with Crippen LogP contribution in [0.5, 0.6) is 0 Å². The highest BCUT2D eigenvalue weighted by molar-refractivity contribution is 7.89. The topological polar surface area (TPSA) is 71.5 Å². The average Bonchev–Trinajstić information content (AvgIpc) is 2.39. The lowest BCUT2D eigenvalue weighted by Gasteiger charge is -2.16. The Morgan fingerprint density at radius 3 is 2.67 bits per heavy atom. The zero-order valence-electron chi connectivity index (χ0n) is 10.9. The quantitative estimate of drug-likeness (QED) is 0.743. The summed E-state index contributed by atoms with van der Waals surface area (Å²) in [7, 11) is -0.226. The minimum atomic E-state index is -3.48. The molecule has 18 heavy (non-hydrogen) atoms. The minimum Gasteiger partial charge on any atom is -0.380 e. The van der Waals surface area contributed by atoms with Gasteiger partial charge >= 0.3 is 0 Å². The number of aromatic nitrogens is 1. The fraction of sp³-hybridized carbons (Fsp3) is 0.545. The molecule has 0 aromatic carbocycles. The van der Waals surface area contributed by atoms with Crippen LogP contribution in [-0.2, 0) is 14.8 Å².